The van der Waals surface area contributed by atoms with Gasteiger partial charge in [-0.05, 0) is 44.9 Å². The third-order valence-electron chi connectivity index (χ3n) is 2.84. The molecule has 1 aromatic rings. The molecule has 0 fully saturated rings. The Balaban J connectivity index is 0.00000301. The number of benzene rings is 1. The first-order chi connectivity index (χ1) is 12.1. The van der Waals surface area contributed by atoms with Gasteiger partial charge in [0.2, 0.25) is 0 Å². The summed E-state index contributed by atoms with van der Waals surface area (Å²) < 4.78 is 10.1. The van der Waals surface area contributed by atoms with E-state index in [0.29, 0.717) is 12.2 Å². The number of nitrogens with one attached hydrogen (secondary N) is 1. The Morgan fingerprint density at radius 2 is 1.65 bits per heavy atom. The molecule has 1 unspecified atom stereocenters. The molecule has 6 nitrogen and oxygen atoms in total. The quantitative estimate of drug-likeness (QED) is 0.419. The summed E-state index contributed by atoms with van der Waals surface area (Å²) in [6.07, 6.45) is -0.331. The molecule has 0 heterocycles. The molecule has 0 aliphatic rings. The number of esters is 1. The number of hydrogen-bond acceptors (Lipinski definition) is 5. The number of halogens is 1. The number of carbonyl (C=O) groups excluding carboxylic acids is 3. The average molecular weight is 430 g/mol. The van der Waals surface area contributed by atoms with Crippen molar-refractivity contribution in [3.8, 4) is 5.75 Å². The molecule has 1 amide bonds. The third kappa shape index (κ3) is 10.2. The van der Waals surface area contributed by atoms with E-state index in [1.807, 2.05) is 13.8 Å². The van der Waals surface area contributed by atoms with E-state index in [2.05, 4.69) is 21.2 Å². The summed E-state index contributed by atoms with van der Waals surface area (Å²) in [5.74, 6) is -0.138. The molecule has 0 bridgehead atoms. The lowest BCUT2D eigenvalue weighted by molar-refractivity contribution is -0.131. The van der Waals surface area contributed by atoms with E-state index in [0.717, 1.165) is 5.56 Å². The molecular weight excluding hydrogens is 402 g/mol. The summed E-state index contributed by atoms with van der Waals surface area (Å²) in [7, 11) is 0. The van der Waals surface area contributed by atoms with Gasteiger partial charge < -0.3 is 14.8 Å². The maximum atomic E-state index is 12.0. The number of rotatable bonds is 6. The van der Waals surface area contributed by atoms with E-state index in [-0.39, 0.29) is 11.1 Å². The van der Waals surface area contributed by atoms with Crippen molar-refractivity contribution in [2.45, 2.75) is 59.6 Å². The van der Waals surface area contributed by atoms with Crippen molar-refractivity contribution in [2.75, 3.05) is 5.33 Å². The smallest absolute Gasteiger partial charge is 0.408 e. The fourth-order valence-electron chi connectivity index (χ4n) is 1.88. The molecule has 0 radical (unpaired) electrons. The molecule has 0 aromatic heterocycles. The van der Waals surface area contributed by atoms with Crippen molar-refractivity contribution < 1.29 is 23.9 Å². The SMILES string of the molecule is CC.CC(=O)Oc1ccc(CC(NC(=O)OC(C)(C)C)C(=O)CBr)cc1. The van der Waals surface area contributed by atoms with Gasteiger partial charge in [0.05, 0.1) is 11.4 Å². The van der Waals surface area contributed by atoms with Gasteiger partial charge >= 0.3 is 12.1 Å². The summed E-state index contributed by atoms with van der Waals surface area (Å²) in [4.78, 5) is 34.8. The number of carbonyl (C=O) groups is 3. The van der Waals surface area contributed by atoms with Crippen LogP contribution in [0.15, 0.2) is 24.3 Å². The Morgan fingerprint density at radius 3 is 2.08 bits per heavy atom. The minimum atomic E-state index is -0.709. The fourth-order valence-corrected chi connectivity index (χ4v) is 2.27. The summed E-state index contributed by atoms with van der Waals surface area (Å²) in [5.41, 5.74) is 0.180. The molecule has 1 aromatic carbocycles. The lowest BCUT2D eigenvalue weighted by Crippen LogP contribution is -2.45. The van der Waals surface area contributed by atoms with E-state index < -0.39 is 23.7 Å². The molecule has 0 spiro atoms. The number of amides is 1. The van der Waals surface area contributed by atoms with Crippen LogP contribution in [0.3, 0.4) is 0 Å². The second-order valence-electron chi connectivity index (χ2n) is 6.24. The van der Waals surface area contributed by atoms with Gasteiger partial charge in [-0.1, -0.05) is 41.9 Å². The van der Waals surface area contributed by atoms with Gasteiger partial charge in [-0.15, -0.1) is 0 Å². The standard InChI is InChI=1S/C17H22BrNO5.C2H6/c1-11(20)23-13-7-5-12(6-8-13)9-14(15(21)10-18)19-16(22)24-17(2,3)4;1-2/h5-8,14H,9-10H2,1-4H3,(H,19,22);1-2H3. The fraction of sp³-hybridized carbons (Fsp3) is 0.526. The summed E-state index contributed by atoms with van der Waals surface area (Å²) in [6.45, 7) is 10.6. The maximum Gasteiger partial charge on any atom is 0.408 e. The molecule has 26 heavy (non-hydrogen) atoms. The molecule has 1 rings (SSSR count). The zero-order valence-electron chi connectivity index (χ0n) is 16.2. The minimum absolute atomic E-state index is 0.124. The zero-order chi connectivity index (χ0) is 20.3. The Labute approximate surface area is 163 Å². The lowest BCUT2D eigenvalue weighted by atomic mass is 10.0. The van der Waals surface area contributed by atoms with E-state index >= 15 is 0 Å². The Kier molecular flexibility index (Phi) is 10.8. The number of alkyl carbamates (subject to hydrolysis) is 1. The van der Waals surface area contributed by atoms with E-state index in [1.54, 1.807) is 45.0 Å². The number of ketones is 1. The van der Waals surface area contributed by atoms with Crippen LogP contribution >= 0.6 is 15.9 Å². The first-order valence-electron chi connectivity index (χ1n) is 8.46. The molecule has 7 heteroatoms. The molecule has 0 aliphatic heterocycles. The average Bonchev–Trinajstić information content (AvgIpc) is 2.55. The van der Waals surface area contributed by atoms with Gasteiger partial charge in [0.15, 0.2) is 5.78 Å². The van der Waals surface area contributed by atoms with Crippen LogP contribution in [0.5, 0.6) is 5.75 Å². The van der Waals surface area contributed by atoms with Crippen molar-refractivity contribution in [3.05, 3.63) is 29.8 Å². The van der Waals surface area contributed by atoms with Gasteiger partial charge in [-0.25, -0.2) is 4.79 Å². The highest BCUT2D eigenvalue weighted by Crippen LogP contribution is 2.15. The normalized spacial score (nSPS) is 11.5. The first kappa shape index (κ1) is 24.1. The Bertz CT molecular complexity index is 593. The Hall–Kier alpha value is -1.89. The first-order valence-corrected chi connectivity index (χ1v) is 9.58. The Morgan fingerprint density at radius 1 is 1.12 bits per heavy atom. The van der Waals surface area contributed by atoms with E-state index in [1.165, 1.54) is 6.92 Å². The van der Waals surface area contributed by atoms with Gasteiger partial charge in [-0.2, -0.15) is 0 Å². The van der Waals surface area contributed by atoms with Crippen LogP contribution in [0.1, 0.15) is 47.1 Å². The van der Waals surface area contributed by atoms with Gasteiger partial charge in [-0.3, -0.25) is 9.59 Å². The lowest BCUT2D eigenvalue weighted by Gasteiger charge is -2.23. The number of alkyl halides is 1. The van der Waals surface area contributed by atoms with E-state index in [9.17, 15) is 14.4 Å². The molecule has 1 N–H and O–H groups in total. The number of Topliss-reactive ketones (excluding diaryl/α,β-unsaturated/α-hetero) is 1. The topological polar surface area (TPSA) is 81.7 Å². The van der Waals surface area contributed by atoms with Crippen LogP contribution in [0.4, 0.5) is 4.79 Å². The van der Waals surface area contributed by atoms with Gasteiger partial charge in [0.1, 0.15) is 11.4 Å². The molecule has 146 valence electrons. The van der Waals surface area contributed by atoms with Crippen LogP contribution in [0, 0.1) is 0 Å². The third-order valence-corrected chi connectivity index (χ3v) is 3.39. The van der Waals surface area contributed by atoms with Crippen molar-refractivity contribution >= 4 is 33.8 Å². The van der Waals surface area contributed by atoms with Crippen molar-refractivity contribution in [1.29, 1.82) is 0 Å². The molecule has 0 saturated carbocycles. The maximum absolute atomic E-state index is 12.0. The van der Waals surface area contributed by atoms with Crippen LogP contribution in [-0.4, -0.2) is 34.8 Å². The molecular formula is C19H28BrNO5. The predicted octanol–water partition coefficient (Wildman–Crippen LogP) is 4.04. The number of ether oxygens (including phenoxy) is 2. The van der Waals surface area contributed by atoms with Gasteiger partial charge in [0, 0.05) is 6.92 Å². The summed E-state index contributed by atoms with van der Waals surface area (Å²) >= 11 is 3.12. The van der Waals surface area contributed by atoms with Crippen LogP contribution in [0.25, 0.3) is 0 Å². The number of hydrogen-bond donors (Lipinski definition) is 1. The zero-order valence-corrected chi connectivity index (χ0v) is 17.8. The second kappa shape index (κ2) is 11.7. The highest BCUT2D eigenvalue weighted by atomic mass is 79.9. The van der Waals surface area contributed by atoms with Crippen molar-refractivity contribution in [3.63, 3.8) is 0 Å². The minimum Gasteiger partial charge on any atom is -0.444 e. The highest BCUT2D eigenvalue weighted by molar-refractivity contribution is 9.09. The molecule has 1 atom stereocenters. The summed E-state index contributed by atoms with van der Waals surface area (Å²) in [5, 5.41) is 2.72. The van der Waals surface area contributed by atoms with Crippen LogP contribution in [0.2, 0.25) is 0 Å². The largest absolute Gasteiger partial charge is 0.444 e. The van der Waals surface area contributed by atoms with Gasteiger partial charge in [0.25, 0.3) is 0 Å². The monoisotopic (exact) mass is 429 g/mol. The molecule has 0 aliphatic carbocycles. The highest BCUT2D eigenvalue weighted by Gasteiger charge is 2.23. The van der Waals surface area contributed by atoms with Crippen molar-refractivity contribution in [2.24, 2.45) is 0 Å². The van der Waals surface area contributed by atoms with Crippen LogP contribution in [-0.2, 0) is 20.7 Å². The second-order valence-corrected chi connectivity index (χ2v) is 6.80. The molecule has 0 saturated heterocycles. The van der Waals surface area contributed by atoms with E-state index in [4.69, 9.17) is 9.47 Å². The van der Waals surface area contributed by atoms with Crippen molar-refractivity contribution in [1.82, 2.24) is 5.32 Å². The predicted molar refractivity (Wildman–Crippen MR) is 105 cm³/mol. The van der Waals surface area contributed by atoms with Crippen LogP contribution < -0.4 is 10.1 Å². The summed E-state index contributed by atoms with van der Waals surface area (Å²) in [6, 6.07) is 6.05.